The summed E-state index contributed by atoms with van der Waals surface area (Å²) in [6, 6.07) is 22.0. The van der Waals surface area contributed by atoms with E-state index in [2.05, 4.69) is 125 Å². The second-order valence-corrected chi connectivity index (χ2v) is 33.0. The molecule has 0 spiro atoms. The fourth-order valence-electron chi connectivity index (χ4n) is 25.4. The minimum absolute atomic E-state index is 0.0336. The minimum Gasteiger partial charge on any atom is -0.353 e. The zero-order valence-electron chi connectivity index (χ0n) is 51.4. The molecule has 2 aromatic carbocycles. The molecule has 9 unspecified atom stereocenters. The molecule has 2 aromatic rings. The van der Waals surface area contributed by atoms with Crippen LogP contribution >= 0.6 is 0 Å². The summed E-state index contributed by atoms with van der Waals surface area (Å²) in [4.78, 5) is 45.9. The molecule has 2 heterocycles. The zero-order chi connectivity index (χ0) is 57.8. The van der Waals surface area contributed by atoms with Gasteiger partial charge < -0.3 is 27.0 Å². The first kappa shape index (κ1) is 56.4. The van der Waals surface area contributed by atoms with Gasteiger partial charge in [0, 0.05) is 55.8 Å². The predicted molar refractivity (Wildman–Crippen MR) is 330 cm³/mol. The number of rotatable bonds is 16. The Balaban J connectivity index is 0.775. The number of hydrazine groups is 1. The smallest absolute Gasteiger partial charge is 0.240 e. The van der Waals surface area contributed by atoms with E-state index in [1.807, 2.05) is 0 Å². The summed E-state index contributed by atoms with van der Waals surface area (Å²) < 4.78 is 15.7. The molecule has 18 rings (SSSR count). The molecule has 15 atom stereocenters. The molecule has 7 N–H and O–H groups in total. The fourth-order valence-corrected chi connectivity index (χ4v) is 25.4. The van der Waals surface area contributed by atoms with Crippen LogP contribution in [0.25, 0.3) is 0 Å². The molecule has 2 aliphatic heterocycles. The summed E-state index contributed by atoms with van der Waals surface area (Å²) >= 11 is 0. The third kappa shape index (κ3) is 8.70. The summed E-state index contributed by atoms with van der Waals surface area (Å²) in [6.45, 7) is 16.2. The molecule has 11 heteroatoms. The van der Waals surface area contributed by atoms with Gasteiger partial charge in [-0.05, 0) is 245 Å². The van der Waals surface area contributed by atoms with Crippen molar-refractivity contribution in [3.8, 4) is 0 Å². The van der Waals surface area contributed by atoms with Crippen LogP contribution in [-0.2, 0) is 30.6 Å². The van der Waals surface area contributed by atoms with Crippen molar-refractivity contribution >= 4 is 17.7 Å². The average molecular weight is 1140 g/mol. The number of nitrogens with one attached hydrogen (secondary N) is 5. The second-order valence-electron chi connectivity index (χ2n) is 33.0. The third-order valence-corrected chi connectivity index (χ3v) is 27.4. The van der Waals surface area contributed by atoms with Gasteiger partial charge in [0.05, 0.1) is 22.9 Å². The number of carbonyl (C=O) groups excluding carboxylic acids is 3. The van der Waals surface area contributed by atoms with Gasteiger partial charge in [0.1, 0.15) is 0 Å². The van der Waals surface area contributed by atoms with E-state index >= 15 is 14.0 Å². The van der Waals surface area contributed by atoms with Gasteiger partial charge in [-0.1, -0.05) is 106 Å². The lowest BCUT2D eigenvalue weighted by molar-refractivity contribution is -0.178. The van der Waals surface area contributed by atoms with Crippen LogP contribution in [0.3, 0.4) is 0 Å². The molecule has 84 heavy (non-hydrogen) atoms. The Kier molecular flexibility index (Phi) is 13.2. The van der Waals surface area contributed by atoms with E-state index in [9.17, 15) is 4.79 Å². The van der Waals surface area contributed by atoms with Crippen molar-refractivity contribution in [3.63, 3.8) is 0 Å². The van der Waals surface area contributed by atoms with Crippen LogP contribution in [0.2, 0.25) is 0 Å². The normalized spacial score (nSPS) is 46.7. The standard InChI is InChI=1S/C73H100FN7O3/c1-5-52(69-34-64(7-3)36-71(44-69,53-11-9-8-10-12-53)47-73(38-64,45-69)60(82)78-57-21-19-56(75)20-22-57)14-13-49(4)68-33-63(6-2)35-70(42-68,46-72(37-63,43-68)61(83)79-59-28-50-27-58(59)77-32-50)55-17-15-54(16-18-55)66-30-51-29-65(39-66,48-74)40-67(31-51,41-66)62(84)80-81-25-23-76-24-26-81/h5,8-18,50-51,56-59,76-77H,4,6-7,19-48,75H2,1-3H3,(H,78,82)(H,79,83)(H,80,84)/b14-13-,52-5+/t50?,51?,56-,57+,58?,59?,63-,64+,65-,66+,67?,68-,69?,70?,71-,72?,73?/m0/s1. The van der Waals surface area contributed by atoms with Crippen molar-refractivity contribution in [2.75, 3.05) is 39.4 Å². The van der Waals surface area contributed by atoms with E-state index in [1.165, 1.54) is 27.8 Å². The van der Waals surface area contributed by atoms with Gasteiger partial charge in [-0.2, -0.15) is 0 Å². The van der Waals surface area contributed by atoms with Crippen molar-refractivity contribution in [2.45, 2.75) is 228 Å². The monoisotopic (exact) mass is 1140 g/mol. The molecule has 16 fully saturated rings. The Labute approximate surface area is 501 Å². The number of piperidine rings is 1. The number of nitrogens with zero attached hydrogens (tertiary/aromatic N) is 1. The Bertz CT molecular complexity index is 3040. The van der Waals surface area contributed by atoms with E-state index in [4.69, 9.17) is 12.3 Å². The topological polar surface area (TPSA) is 141 Å². The molecule has 14 saturated carbocycles. The minimum atomic E-state index is -0.569. The van der Waals surface area contributed by atoms with Gasteiger partial charge in [-0.25, -0.2) is 5.01 Å². The van der Waals surface area contributed by atoms with Crippen molar-refractivity contribution < 1.29 is 18.8 Å². The number of halogens is 1. The SMILES string of the molecule is C=C(/C=C\C(=C/C)C12CC3(C(=O)N[C@H]4CC[C@@H](N)CC4)C[C@](CC)(C1)C[C@@](c1ccccc1)(C3)C2)[C@@]12CC3(C(=O)NC4CC5CNC4C5)CC(c4ccc([C@]56CC7CC(C(=O)NN8CCNCC8)(C[C@](CF)(C7)C5)C6)cc4)(C[C@@](CC)(C3)C1)C2. The maximum atomic E-state index is 15.8. The third-order valence-electron chi connectivity index (χ3n) is 27.4. The fraction of sp³-hybridized carbons (Fsp3) is 0.712. The highest BCUT2D eigenvalue weighted by Crippen LogP contribution is 2.79. The molecule has 3 amide bonds. The summed E-state index contributed by atoms with van der Waals surface area (Å²) in [5.41, 5.74) is 13.2. The van der Waals surface area contributed by atoms with E-state index in [0.717, 1.165) is 193 Å². The van der Waals surface area contributed by atoms with Crippen molar-refractivity contribution in [3.05, 3.63) is 107 Å². The van der Waals surface area contributed by atoms with Gasteiger partial charge in [0.2, 0.25) is 17.7 Å². The van der Waals surface area contributed by atoms with Gasteiger partial charge in [0.25, 0.3) is 0 Å². The Morgan fingerprint density at radius 3 is 1.82 bits per heavy atom. The molecular formula is C73H100FN7O3. The summed E-state index contributed by atoms with van der Waals surface area (Å²) in [7, 11) is 0. The maximum absolute atomic E-state index is 15.8. The summed E-state index contributed by atoms with van der Waals surface area (Å²) in [6.07, 6.45) is 32.1. The van der Waals surface area contributed by atoms with Gasteiger partial charge in [-0.3, -0.25) is 24.2 Å². The number of nitrogens with two attached hydrogens (primary N) is 1. The number of hydrogen-bond donors (Lipinski definition) is 6. The Morgan fingerprint density at radius 2 is 1.19 bits per heavy atom. The highest BCUT2D eigenvalue weighted by Gasteiger charge is 2.73. The predicted octanol–water partition coefficient (Wildman–Crippen LogP) is 11.8. The van der Waals surface area contributed by atoms with Crippen LogP contribution in [0.4, 0.5) is 4.39 Å². The first-order valence-corrected chi connectivity index (χ1v) is 34.0. The molecule has 0 aromatic heterocycles. The lowest BCUT2D eigenvalue weighted by Gasteiger charge is -2.71. The Hall–Kier alpha value is -4.16. The summed E-state index contributed by atoms with van der Waals surface area (Å²) in [5.74, 6) is 1.64. The first-order chi connectivity index (χ1) is 40.3. The average Bonchev–Trinajstić information content (AvgIpc) is 0.758. The van der Waals surface area contributed by atoms with E-state index < -0.39 is 21.7 Å². The number of piperazine rings is 1. The highest BCUT2D eigenvalue weighted by molar-refractivity contribution is 5.86. The van der Waals surface area contributed by atoms with E-state index in [0.29, 0.717) is 24.3 Å². The molecule has 2 saturated heterocycles. The van der Waals surface area contributed by atoms with Crippen molar-refractivity contribution in [1.82, 2.24) is 31.7 Å². The van der Waals surface area contributed by atoms with Crippen LogP contribution in [0, 0.1) is 55.2 Å². The van der Waals surface area contributed by atoms with Crippen LogP contribution in [0.1, 0.15) is 204 Å². The van der Waals surface area contributed by atoms with Gasteiger partial charge >= 0.3 is 0 Å². The molecule has 10 nitrogen and oxygen atoms in total. The molecule has 14 aliphatic carbocycles. The lowest BCUT2D eigenvalue weighted by atomic mass is 9.32. The van der Waals surface area contributed by atoms with Crippen LogP contribution in [0.15, 0.2) is 90.6 Å². The molecule has 0 radical (unpaired) electrons. The van der Waals surface area contributed by atoms with E-state index in [-0.39, 0.29) is 80.4 Å². The van der Waals surface area contributed by atoms with Gasteiger partial charge in [-0.15, -0.1) is 0 Å². The first-order valence-electron chi connectivity index (χ1n) is 34.0. The van der Waals surface area contributed by atoms with Crippen LogP contribution < -0.4 is 32.4 Å². The quantitative estimate of drug-likeness (QED) is 0.0920. The number of amides is 3. The number of allylic oxidation sites excluding steroid dienone is 5. The molecule has 452 valence electrons. The molecular weight excluding hydrogens is 1040 g/mol. The zero-order valence-corrected chi connectivity index (χ0v) is 51.4. The van der Waals surface area contributed by atoms with Crippen molar-refractivity contribution in [1.29, 1.82) is 0 Å². The number of hydrogen-bond acceptors (Lipinski definition) is 7. The highest BCUT2D eigenvalue weighted by atomic mass is 19.1. The molecule has 16 aliphatic rings. The number of fused-ring (bicyclic) bond motifs is 2. The maximum Gasteiger partial charge on any atom is 0.240 e. The van der Waals surface area contributed by atoms with Crippen LogP contribution in [-0.4, -0.2) is 86.3 Å². The lowest BCUT2D eigenvalue weighted by Crippen LogP contribution is -2.67. The van der Waals surface area contributed by atoms with Crippen LogP contribution in [0.5, 0.6) is 0 Å². The Morgan fingerprint density at radius 1 is 0.619 bits per heavy atom. The van der Waals surface area contributed by atoms with Gasteiger partial charge in [0.15, 0.2) is 0 Å². The van der Waals surface area contributed by atoms with E-state index in [1.54, 1.807) is 0 Å². The van der Waals surface area contributed by atoms with Crippen molar-refractivity contribution in [2.24, 2.45) is 60.9 Å². The number of alkyl halides is 1. The largest absolute Gasteiger partial charge is 0.353 e. The summed E-state index contributed by atoms with van der Waals surface area (Å²) in [5, 5.41) is 16.8. The number of carbonyl (C=O) groups is 3. The molecule has 14 bridgehead atoms. The number of benzene rings is 2. The second kappa shape index (κ2) is 19.7.